The summed E-state index contributed by atoms with van der Waals surface area (Å²) in [6.07, 6.45) is 6.78. The molecule has 2 atom stereocenters. The van der Waals surface area contributed by atoms with Gasteiger partial charge in [-0.05, 0) is 56.8 Å². The number of amides is 2. The summed E-state index contributed by atoms with van der Waals surface area (Å²) in [4.78, 5) is 33.2. The van der Waals surface area contributed by atoms with Crippen LogP contribution >= 0.6 is 0 Å². The molecule has 0 bridgehead atoms. The summed E-state index contributed by atoms with van der Waals surface area (Å²) in [5.74, 6) is 3.49. The van der Waals surface area contributed by atoms with Crippen molar-refractivity contribution in [1.82, 2.24) is 25.0 Å². The van der Waals surface area contributed by atoms with E-state index >= 15 is 0 Å². The number of hydrogen-bond donors (Lipinski definition) is 1. The molecule has 2 amide bonds. The molecule has 7 nitrogen and oxygen atoms in total. The predicted octanol–water partition coefficient (Wildman–Crippen LogP) is 1.54. The maximum atomic E-state index is 12.6. The fourth-order valence-electron chi connectivity index (χ4n) is 4.43. The highest BCUT2D eigenvalue weighted by Crippen LogP contribution is 2.35. The molecule has 0 aromatic carbocycles. The highest BCUT2D eigenvalue weighted by molar-refractivity contribution is 5.78. The van der Waals surface area contributed by atoms with Gasteiger partial charge in [0.05, 0.1) is 6.42 Å². The standard InChI is InChI=1S/C19H29N5O2/c1-13-20-17(22-21-13)10-19(26)23-7-2-3-15(11-23)16-6-8-24(12-16)18(25)9-14-4-5-14/h14-16H,2-12H2,1H3,(H,20,21,22). The van der Waals surface area contributed by atoms with Crippen LogP contribution in [0.25, 0.3) is 0 Å². The molecule has 2 aliphatic heterocycles. The van der Waals surface area contributed by atoms with E-state index in [-0.39, 0.29) is 12.3 Å². The Kier molecular flexibility index (Phi) is 4.96. The number of rotatable bonds is 5. The minimum atomic E-state index is 0.119. The molecule has 2 unspecified atom stereocenters. The summed E-state index contributed by atoms with van der Waals surface area (Å²) in [6.45, 7) is 5.27. The topological polar surface area (TPSA) is 82.2 Å². The third kappa shape index (κ3) is 4.07. The molecular formula is C19H29N5O2. The largest absolute Gasteiger partial charge is 0.342 e. The maximum absolute atomic E-state index is 12.6. The van der Waals surface area contributed by atoms with E-state index in [0.717, 1.165) is 51.3 Å². The average Bonchev–Trinajstić information content (AvgIpc) is 3.15. The van der Waals surface area contributed by atoms with Crippen LogP contribution in [0.4, 0.5) is 0 Å². The molecule has 7 heteroatoms. The molecule has 1 aromatic heterocycles. The molecule has 4 rings (SSSR count). The number of piperidine rings is 1. The highest BCUT2D eigenvalue weighted by Gasteiger charge is 2.36. The summed E-state index contributed by atoms with van der Waals surface area (Å²) in [5.41, 5.74) is 0. The van der Waals surface area contributed by atoms with Crippen LogP contribution in [0.3, 0.4) is 0 Å². The first-order valence-electron chi connectivity index (χ1n) is 10.0. The second kappa shape index (κ2) is 7.37. The molecule has 3 fully saturated rings. The van der Waals surface area contributed by atoms with Crippen molar-refractivity contribution in [3.63, 3.8) is 0 Å². The van der Waals surface area contributed by atoms with Crippen molar-refractivity contribution in [1.29, 1.82) is 0 Å². The van der Waals surface area contributed by atoms with Crippen LogP contribution in [-0.2, 0) is 16.0 Å². The van der Waals surface area contributed by atoms with Gasteiger partial charge in [-0.1, -0.05) is 0 Å². The number of likely N-dealkylation sites (tertiary alicyclic amines) is 2. The van der Waals surface area contributed by atoms with Gasteiger partial charge in [0.1, 0.15) is 5.82 Å². The molecular weight excluding hydrogens is 330 g/mol. The summed E-state index contributed by atoms with van der Waals surface area (Å²) < 4.78 is 0. The van der Waals surface area contributed by atoms with Gasteiger partial charge in [0.15, 0.2) is 5.82 Å². The number of nitrogens with one attached hydrogen (secondary N) is 1. The lowest BCUT2D eigenvalue weighted by Gasteiger charge is -2.35. The first-order chi connectivity index (χ1) is 12.6. The third-order valence-corrected chi connectivity index (χ3v) is 6.17. The molecule has 1 saturated carbocycles. The minimum absolute atomic E-state index is 0.119. The quantitative estimate of drug-likeness (QED) is 0.865. The molecule has 1 aliphatic carbocycles. The van der Waals surface area contributed by atoms with Crippen molar-refractivity contribution in [3.05, 3.63) is 11.6 Å². The molecule has 3 aliphatic rings. The lowest BCUT2D eigenvalue weighted by molar-refractivity contribution is -0.133. The summed E-state index contributed by atoms with van der Waals surface area (Å²) in [6, 6.07) is 0. The van der Waals surface area contributed by atoms with Crippen molar-refractivity contribution in [2.24, 2.45) is 17.8 Å². The molecule has 2 saturated heterocycles. The summed E-state index contributed by atoms with van der Waals surface area (Å²) in [7, 11) is 0. The number of aromatic amines is 1. The van der Waals surface area contributed by atoms with Gasteiger partial charge in [-0.25, -0.2) is 4.98 Å². The number of aryl methyl sites for hydroxylation is 1. The van der Waals surface area contributed by atoms with Gasteiger partial charge in [-0.15, -0.1) is 0 Å². The first kappa shape index (κ1) is 17.5. The number of carbonyl (C=O) groups excluding carboxylic acids is 2. The molecule has 3 heterocycles. The number of H-pyrrole nitrogens is 1. The van der Waals surface area contributed by atoms with Crippen LogP contribution in [0.5, 0.6) is 0 Å². The zero-order valence-electron chi connectivity index (χ0n) is 15.6. The second-order valence-electron chi connectivity index (χ2n) is 8.29. The molecule has 26 heavy (non-hydrogen) atoms. The Labute approximate surface area is 154 Å². The number of aromatic nitrogens is 3. The Morgan fingerprint density at radius 1 is 1.04 bits per heavy atom. The summed E-state index contributed by atoms with van der Waals surface area (Å²) >= 11 is 0. The SMILES string of the molecule is Cc1nc(CC(=O)N2CCCC(C3CCN(C(=O)CC4CC4)C3)C2)n[nH]1. The van der Waals surface area contributed by atoms with Crippen molar-refractivity contribution in [2.45, 2.75) is 51.9 Å². The lowest BCUT2D eigenvalue weighted by Crippen LogP contribution is -2.43. The maximum Gasteiger partial charge on any atom is 0.230 e. The normalized spacial score (nSPS) is 26.3. The Morgan fingerprint density at radius 3 is 2.46 bits per heavy atom. The van der Waals surface area contributed by atoms with Crippen LogP contribution in [0, 0.1) is 24.7 Å². The van der Waals surface area contributed by atoms with E-state index in [1.165, 1.54) is 19.3 Å². The molecule has 0 spiro atoms. The van der Waals surface area contributed by atoms with Crippen LogP contribution in [0.2, 0.25) is 0 Å². The second-order valence-corrected chi connectivity index (χ2v) is 8.29. The van der Waals surface area contributed by atoms with Crippen LogP contribution in [-0.4, -0.2) is 63.0 Å². The van der Waals surface area contributed by atoms with E-state index in [2.05, 4.69) is 20.1 Å². The van der Waals surface area contributed by atoms with E-state index < -0.39 is 0 Å². The van der Waals surface area contributed by atoms with Crippen LogP contribution < -0.4 is 0 Å². The summed E-state index contributed by atoms with van der Waals surface area (Å²) in [5, 5.41) is 6.87. The Hall–Kier alpha value is -1.92. The Balaban J connectivity index is 1.29. The molecule has 1 aromatic rings. The van der Waals surface area contributed by atoms with Crippen LogP contribution in [0.1, 0.15) is 50.2 Å². The fraction of sp³-hybridized carbons (Fsp3) is 0.789. The monoisotopic (exact) mass is 359 g/mol. The number of hydrogen-bond acceptors (Lipinski definition) is 4. The van der Waals surface area contributed by atoms with Gasteiger partial charge < -0.3 is 9.80 Å². The minimum Gasteiger partial charge on any atom is -0.342 e. The zero-order valence-corrected chi connectivity index (χ0v) is 15.6. The Morgan fingerprint density at radius 2 is 1.77 bits per heavy atom. The molecule has 142 valence electrons. The highest BCUT2D eigenvalue weighted by atomic mass is 16.2. The van der Waals surface area contributed by atoms with Gasteiger partial charge in [-0.3, -0.25) is 14.7 Å². The van der Waals surface area contributed by atoms with E-state index in [4.69, 9.17) is 0 Å². The molecule has 0 radical (unpaired) electrons. The Bertz CT molecular complexity index is 669. The van der Waals surface area contributed by atoms with E-state index in [9.17, 15) is 9.59 Å². The fourth-order valence-corrected chi connectivity index (χ4v) is 4.43. The van der Waals surface area contributed by atoms with Crippen molar-refractivity contribution >= 4 is 11.8 Å². The van der Waals surface area contributed by atoms with E-state index in [1.54, 1.807) is 0 Å². The van der Waals surface area contributed by atoms with Crippen molar-refractivity contribution in [2.75, 3.05) is 26.2 Å². The number of carbonyl (C=O) groups is 2. The van der Waals surface area contributed by atoms with E-state index in [1.807, 2.05) is 11.8 Å². The lowest BCUT2D eigenvalue weighted by atomic mass is 9.85. The van der Waals surface area contributed by atoms with Gasteiger partial charge in [0.2, 0.25) is 11.8 Å². The average molecular weight is 359 g/mol. The zero-order chi connectivity index (χ0) is 18.1. The van der Waals surface area contributed by atoms with Gasteiger partial charge in [0, 0.05) is 32.6 Å². The van der Waals surface area contributed by atoms with Crippen molar-refractivity contribution < 1.29 is 9.59 Å². The number of nitrogens with zero attached hydrogens (tertiary/aromatic N) is 4. The van der Waals surface area contributed by atoms with Gasteiger partial charge >= 0.3 is 0 Å². The van der Waals surface area contributed by atoms with E-state index in [0.29, 0.717) is 29.5 Å². The van der Waals surface area contributed by atoms with Gasteiger partial charge in [-0.2, -0.15) is 5.10 Å². The first-order valence-corrected chi connectivity index (χ1v) is 10.0. The molecule has 1 N–H and O–H groups in total. The smallest absolute Gasteiger partial charge is 0.230 e. The predicted molar refractivity (Wildman–Crippen MR) is 96.2 cm³/mol. The van der Waals surface area contributed by atoms with Crippen LogP contribution in [0.15, 0.2) is 0 Å². The van der Waals surface area contributed by atoms with Gasteiger partial charge in [0.25, 0.3) is 0 Å². The third-order valence-electron chi connectivity index (χ3n) is 6.17. The van der Waals surface area contributed by atoms with Crippen molar-refractivity contribution in [3.8, 4) is 0 Å².